The monoisotopic (exact) mass is 331 g/mol. The summed E-state index contributed by atoms with van der Waals surface area (Å²) in [7, 11) is -2.14. The number of anilines is 1. The van der Waals surface area contributed by atoms with Gasteiger partial charge < -0.3 is 5.32 Å². The number of sulfonamides is 1. The summed E-state index contributed by atoms with van der Waals surface area (Å²) in [6, 6.07) is 1.12. The van der Waals surface area contributed by atoms with Crippen molar-refractivity contribution in [1.29, 1.82) is 0 Å². The minimum Gasteiger partial charge on any atom is -0.374 e. The number of thiophene rings is 1. The van der Waals surface area contributed by atoms with E-state index in [1.807, 2.05) is 0 Å². The van der Waals surface area contributed by atoms with Crippen LogP contribution in [0.1, 0.15) is 25.7 Å². The first-order valence-electron chi connectivity index (χ1n) is 6.84. The van der Waals surface area contributed by atoms with E-state index in [9.17, 15) is 18.5 Å². The van der Waals surface area contributed by atoms with Crippen molar-refractivity contribution >= 4 is 32.0 Å². The summed E-state index contributed by atoms with van der Waals surface area (Å²) >= 11 is 0.887. The SMILES string of the molecule is CNc1sc(S(=O)(=O)NCC2(C3CC3)CC2)cc1[N+](=O)[O-]. The van der Waals surface area contributed by atoms with E-state index in [0.29, 0.717) is 12.5 Å². The number of hydrogen-bond donors (Lipinski definition) is 2. The Morgan fingerprint density at radius 3 is 2.57 bits per heavy atom. The van der Waals surface area contributed by atoms with Gasteiger partial charge in [0.25, 0.3) is 0 Å². The van der Waals surface area contributed by atoms with Crippen LogP contribution in [0, 0.1) is 21.4 Å². The van der Waals surface area contributed by atoms with Gasteiger partial charge in [-0.2, -0.15) is 0 Å². The van der Waals surface area contributed by atoms with Crippen LogP contribution in [-0.4, -0.2) is 26.9 Å². The van der Waals surface area contributed by atoms with Gasteiger partial charge in [0.15, 0.2) is 5.00 Å². The van der Waals surface area contributed by atoms with E-state index in [2.05, 4.69) is 10.0 Å². The van der Waals surface area contributed by atoms with Crippen molar-refractivity contribution in [3.63, 3.8) is 0 Å². The molecule has 0 saturated heterocycles. The summed E-state index contributed by atoms with van der Waals surface area (Å²) in [5.41, 5.74) is -0.0477. The molecule has 2 N–H and O–H groups in total. The van der Waals surface area contributed by atoms with Gasteiger partial charge in [-0.3, -0.25) is 10.1 Å². The average molecular weight is 331 g/mol. The molecule has 0 unspecified atom stereocenters. The number of nitrogens with zero attached hydrogens (tertiary/aromatic N) is 1. The highest BCUT2D eigenvalue weighted by Crippen LogP contribution is 2.60. The Balaban J connectivity index is 1.76. The van der Waals surface area contributed by atoms with Gasteiger partial charge in [0, 0.05) is 19.7 Å². The van der Waals surface area contributed by atoms with Gasteiger partial charge in [-0.15, -0.1) is 0 Å². The van der Waals surface area contributed by atoms with Gasteiger partial charge in [-0.25, -0.2) is 13.1 Å². The lowest BCUT2D eigenvalue weighted by atomic mass is 10.0. The van der Waals surface area contributed by atoms with Gasteiger partial charge in [0.05, 0.1) is 4.92 Å². The number of nitro groups is 1. The fourth-order valence-corrected chi connectivity index (χ4v) is 5.17. The van der Waals surface area contributed by atoms with Crippen molar-refractivity contribution in [3.8, 4) is 0 Å². The molecular formula is C12H17N3O4S2. The third-order valence-electron chi connectivity index (χ3n) is 4.33. The van der Waals surface area contributed by atoms with Crippen molar-refractivity contribution in [1.82, 2.24) is 4.72 Å². The zero-order valence-corrected chi connectivity index (χ0v) is 13.2. The van der Waals surface area contributed by atoms with Crippen LogP contribution in [0.4, 0.5) is 10.7 Å². The molecule has 2 saturated carbocycles. The normalized spacial score (nSPS) is 20.2. The summed E-state index contributed by atoms with van der Waals surface area (Å²) in [4.78, 5) is 10.3. The molecule has 0 bridgehead atoms. The number of rotatable bonds is 7. The fourth-order valence-electron chi connectivity index (χ4n) is 2.70. The molecule has 1 heterocycles. The van der Waals surface area contributed by atoms with E-state index in [1.54, 1.807) is 0 Å². The molecule has 3 rings (SSSR count). The lowest BCUT2D eigenvalue weighted by molar-refractivity contribution is -0.383. The predicted octanol–water partition coefficient (Wildman–Crippen LogP) is 2.17. The third kappa shape index (κ3) is 2.77. The van der Waals surface area contributed by atoms with E-state index in [0.717, 1.165) is 30.2 Å². The minimum atomic E-state index is -3.68. The zero-order valence-electron chi connectivity index (χ0n) is 11.6. The molecule has 2 fully saturated rings. The van der Waals surface area contributed by atoms with Crippen molar-refractivity contribution in [2.45, 2.75) is 29.9 Å². The fraction of sp³-hybridized carbons (Fsp3) is 0.667. The zero-order chi connectivity index (χ0) is 15.3. The van der Waals surface area contributed by atoms with Crippen LogP contribution in [0.2, 0.25) is 0 Å². The highest BCUT2D eigenvalue weighted by atomic mass is 32.2. The maximum Gasteiger partial charge on any atom is 0.304 e. The van der Waals surface area contributed by atoms with Crippen molar-refractivity contribution in [3.05, 3.63) is 16.2 Å². The first-order valence-corrected chi connectivity index (χ1v) is 9.13. The van der Waals surface area contributed by atoms with Gasteiger partial charge in [0.2, 0.25) is 10.0 Å². The Labute approximate surface area is 126 Å². The highest BCUT2D eigenvalue weighted by molar-refractivity contribution is 7.91. The van der Waals surface area contributed by atoms with E-state index in [1.165, 1.54) is 19.9 Å². The maximum absolute atomic E-state index is 12.3. The van der Waals surface area contributed by atoms with Crippen molar-refractivity contribution in [2.75, 3.05) is 18.9 Å². The third-order valence-corrected chi connectivity index (χ3v) is 7.34. The van der Waals surface area contributed by atoms with Gasteiger partial charge in [0.1, 0.15) is 4.21 Å². The molecule has 1 aromatic heterocycles. The Kier molecular flexibility index (Phi) is 3.45. The largest absolute Gasteiger partial charge is 0.374 e. The topological polar surface area (TPSA) is 101 Å². The maximum atomic E-state index is 12.3. The van der Waals surface area contributed by atoms with Crippen molar-refractivity contribution in [2.24, 2.45) is 11.3 Å². The van der Waals surface area contributed by atoms with Crippen LogP contribution in [-0.2, 0) is 10.0 Å². The van der Waals surface area contributed by atoms with Gasteiger partial charge in [-0.1, -0.05) is 11.3 Å². The van der Waals surface area contributed by atoms with Gasteiger partial charge in [-0.05, 0) is 37.0 Å². The van der Waals surface area contributed by atoms with E-state index in [4.69, 9.17) is 0 Å². The molecule has 9 heteroatoms. The van der Waals surface area contributed by atoms with Gasteiger partial charge >= 0.3 is 5.69 Å². The lowest BCUT2D eigenvalue weighted by Gasteiger charge is -2.14. The standard InChI is InChI=1S/C12H17N3O4S2/c1-13-11-9(15(16)17)6-10(20-11)21(18,19)14-7-12(4-5-12)8-2-3-8/h6,8,13-14H,2-5,7H2,1H3. The minimum absolute atomic E-state index is 0.00912. The van der Waals surface area contributed by atoms with Crippen LogP contribution in [0.5, 0.6) is 0 Å². The molecule has 0 aliphatic heterocycles. The highest BCUT2D eigenvalue weighted by Gasteiger charge is 2.53. The van der Waals surface area contributed by atoms with Crippen LogP contribution in [0.15, 0.2) is 10.3 Å². The molecule has 21 heavy (non-hydrogen) atoms. The molecule has 0 aromatic carbocycles. The number of hydrogen-bond acceptors (Lipinski definition) is 6. The number of nitrogens with one attached hydrogen (secondary N) is 2. The molecule has 0 atom stereocenters. The second-order valence-electron chi connectivity index (χ2n) is 5.75. The molecule has 116 valence electrons. The van der Waals surface area contributed by atoms with Crippen LogP contribution < -0.4 is 10.0 Å². The molecule has 0 amide bonds. The summed E-state index contributed by atoms with van der Waals surface area (Å²) in [5.74, 6) is 0.658. The quantitative estimate of drug-likeness (QED) is 0.589. The summed E-state index contributed by atoms with van der Waals surface area (Å²) in [5, 5.41) is 13.8. The Morgan fingerprint density at radius 2 is 2.14 bits per heavy atom. The average Bonchev–Trinajstić information content (AvgIpc) is 3.32. The molecule has 1 aromatic rings. The Hall–Kier alpha value is -1.19. The molecule has 2 aliphatic carbocycles. The molecule has 0 radical (unpaired) electrons. The summed E-state index contributed by atoms with van der Waals surface area (Å²) in [6.45, 7) is 0.445. The second-order valence-corrected chi connectivity index (χ2v) is 8.79. The smallest absolute Gasteiger partial charge is 0.304 e. The molecule has 2 aliphatic rings. The Bertz CT molecular complexity index is 675. The second kappa shape index (κ2) is 4.92. The van der Waals surface area contributed by atoms with Crippen molar-refractivity contribution < 1.29 is 13.3 Å². The predicted molar refractivity (Wildman–Crippen MR) is 80.1 cm³/mol. The first kappa shape index (κ1) is 14.7. The van der Waals surface area contributed by atoms with E-state index >= 15 is 0 Å². The lowest BCUT2D eigenvalue weighted by Crippen LogP contribution is -2.30. The van der Waals surface area contributed by atoms with Crippen LogP contribution >= 0.6 is 11.3 Å². The van der Waals surface area contributed by atoms with Crippen LogP contribution in [0.25, 0.3) is 0 Å². The molecule has 7 nitrogen and oxygen atoms in total. The Morgan fingerprint density at radius 1 is 1.48 bits per heavy atom. The van der Waals surface area contributed by atoms with E-state index < -0.39 is 14.9 Å². The summed E-state index contributed by atoms with van der Waals surface area (Å²) < 4.78 is 27.2. The molecular weight excluding hydrogens is 314 g/mol. The summed E-state index contributed by atoms with van der Waals surface area (Å²) in [6.07, 6.45) is 4.53. The van der Waals surface area contributed by atoms with E-state index in [-0.39, 0.29) is 20.3 Å². The molecule has 0 spiro atoms. The first-order chi connectivity index (χ1) is 9.88. The van der Waals surface area contributed by atoms with Crippen LogP contribution in [0.3, 0.4) is 0 Å².